The van der Waals surface area contributed by atoms with Crippen molar-refractivity contribution in [3.8, 4) is 0 Å². The molecule has 1 saturated heterocycles. The molecule has 3 heterocycles. The second-order valence-corrected chi connectivity index (χ2v) is 8.40. The Kier molecular flexibility index (Phi) is 5.56. The highest BCUT2D eigenvalue weighted by molar-refractivity contribution is 5.82. The number of hydrogen-bond donors (Lipinski definition) is 3. The second kappa shape index (κ2) is 8.49. The van der Waals surface area contributed by atoms with E-state index >= 15 is 0 Å². The highest BCUT2D eigenvalue weighted by atomic mass is 19.1. The normalized spacial score (nSPS) is 26.3. The van der Waals surface area contributed by atoms with Crippen LogP contribution in [0.2, 0.25) is 0 Å². The highest BCUT2D eigenvalue weighted by Gasteiger charge is 2.44. The number of hydrogen-bond acceptors (Lipinski definition) is 7. The molecule has 4 atom stereocenters. The standard InChI is InChI=1S/C22H26FN5O3/c23-15-7-2-1-6-14(15)8-9-16-18(29)19(30)22(31-16)28-12-27-17-20(25-11-26-21(17)28)24-10-13-4-3-5-13/h1-2,6-7,11-13,16,18-19,22,29-30H,3-5,8-10H2,(H,24,25,26)/t16-,18-,19-,22-/m1/s1. The van der Waals surface area contributed by atoms with Crippen LogP contribution in [-0.2, 0) is 11.2 Å². The molecule has 0 bridgehead atoms. The molecule has 0 radical (unpaired) electrons. The molecule has 2 aliphatic rings. The molecule has 0 unspecified atom stereocenters. The van der Waals surface area contributed by atoms with Crippen molar-refractivity contribution in [2.75, 3.05) is 11.9 Å². The number of rotatable bonds is 7. The van der Waals surface area contributed by atoms with Crippen LogP contribution in [0.1, 0.15) is 37.5 Å². The van der Waals surface area contributed by atoms with Crippen LogP contribution < -0.4 is 5.32 Å². The number of fused-ring (bicyclic) bond motifs is 1. The molecule has 0 amide bonds. The van der Waals surface area contributed by atoms with Crippen molar-refractivity contribution in [2.24, 2.45) is 5.92 Å². The number of benzene rings is 1. The number of nitrogens with one attached hydrogen (secondary N) is 1. The highest BCUT2D eigenvalue weighted by Crippen LogP contribution is 2.34. The van der Waals surface area contributed by atoms with E-state index < -0.39 is 24.5 Å². The molecule has 2 aromatic heterocycles. The van der Waals surface area contributed by atoms with Crippen molar-refractivity contribution in [3.63, 3.8) is 0 Å². The SMILES string of the molecule is O[C@@H]1[C@H](O)[C@@H](CCc2ccccc2F)O[C@H]1n1cnc2c(NCC3CCC3)ncnc21. The van der Waals surface area contributed by atoms with Crippen LogP contribution in [0.3, 0.4) is 0 Å². The number of anilines is 1. The molecular formula is C22H26FN5O3. The Morgan fingerprint density at radius 1 is 1.13 bits per heavy atom. The molecule has 164 valence electrons. The van der Waals surface area contributed by atoms with Gasteiger partial charge in [-0.05, 0) is 43.2 Å². The molecule has 5 rings (SSSR count). The van der Waals surface area contributed by atoms with Crippen molar-refractivity contribution < 1.29 is 19.3 Å². The van der Waals surface area contributed by atoms with Crippen LogP contribution in [0.25, 0.3) is 11.2 Å². The summed E-state index contributed by atoms with van der Waals surface area (Å²) in [6, 6.07) is 6.53. The molecule has 3 aromatic rings. The summed E-state index contributed by atoms with van der Waals surface area (Å²) in [6.07, 6.45) is 3.81. The third kappa shape index (κ3) is 3.88. The third-order valence-electron chi connectivity index (χ3n) is 6.41. The third-order valence-corrected chi connectivity index (χ3v) is 6.41. The molecule has 2 fully saturated rings. The smallest absolute Gasteiger partial charge is 0.167 e. The zero-order chi connectivity index (χ0) is 21.4. The molecule has 1 saturated carbocycles. The Morgan fingerprint density at radius 3 is 2.74 bits per heavy atom. The fraction of sp³-hybridized carbons (Fsp3) is 0.500. The predicted molar refractivity (Wildman–Crippen MR) is 112 cm³/mol. The van der Waals surface area contributed by atoms with Gasteiger partial charge in [0.15, 0.2) is 23.2 Å². The Balaban J connectivity index is 1.32. The largest absolute Gasteiger partial charge is 0.388 e. The Morgan fingerprint density at radius 2 is 1.97 bits per heavy atom. The summed E-state index contributed by atoms with van der Waals surface area (Å²) >= 11 is 0. The van der Waals surface area contributed by atoms with Gasteiger partial charge >= 0.3 is 0 Å². The summed E-state index contributed by atoms with van der Waals surface area (Å²) in [4.78, 5) is 13.1. The lowest BCUT2D eigenvalue weighted by atomic mass is 9.85. The number of aromatic nitrogens is 4. The zero-order valence-corrected chi connectivity index (χ0v) is 17.1. The van der Waals surface area contributed by atoms with E-state index in [4.69, 9.17) is 4.74 Å². The van der Waals surface area contributed by atoms with Crippen LogP contribution in [0.5, 0.6) is 0 Å². The number of aliphatic hydroxyl groups is 2. The second-order valence-electron chi connectivity index (χ2n) is 8.40. The van der Waals surface area contributed by atoms with Gasteiger partial charge in [-0.3, -0.25) is 4.57 Å². The van der Waals surface area contributed by atoms with Gasteiger partial charge in [-0.2, -0.15) is 0 Å². The van der Waals surface area contributed by atoms with Crippen LogP contribution in [0.15, 0.2) is 36.9 Å². The summed E-state index contributed by atoms with van der Waals surface area (Å²) < 4.78 is 21.5. The van der Waals surface area contributed by atoms with Crippen molar-refractivity contribution >= 4 is 17.0 Å². The van der Waals surface area contributed by atoms with Crippen LogP contribution in [0.4, 0.5) is 10.2 Å². The van der Waals surface area contributed by atoms with Crippen molar-refractivity contribution in [1.29, 1.82) is 0 Å². The first-order chi connectivity index (χ1) is 15.1. The number of halogens is 1. The quantitative estimate of drug-likeness (QED) is 0.532. The first kappa shape index (κ1) is 20.3. The Hall–Kier alpha value is -2.62. The van der Waals surface area contributed by atoms with Gasteiger partial charge in [0.25, 0.3) is 0 Å². The van der Waals surface area contributed by atoms with Crippen LogP contribution in [-0.4, -0.2) is 54.6 Å². The fourth-order valence-electron chi connectivity index (χ4n) is 4.30. The monoisotopic (exact) mass is 427 g/mol. The lowest BCUT2D eigenvalue weighted by Gasteiger charge is -2.25. The van der Waals surface area contributed by atoms with Crippen LogP contribution >= 0.6 is 0 Å². The summed E-state index contributed by atoms with van der Waals surface area (Å²) in [5.74, 6) is 1.03. The predicted octanol–water partition coefficient (Wildman–Crippen LogP) is 2.43. The minimum atomic E-state index is -1.15. The first-order valence-corrected chi connectivity index (χ1v) is 10.8. The van der Waals surface area contributed by atoms with E-state index in [0.717, 1.165) is 6.54 Å². The maximum absolute atomic E-state index is 13.9. The minimum Gasteiger partial charge on any atom is -0.388 e. The van der Waals surface area contributed by atoms with E-state index in [2.05, 4.69) is 20.3 Å². The van der Waals surface area contributed by atoms with Gasteiger partial charge in [0.2, 0.25) is 0 Å². The van der Waals surface area contributed by atoms with Gasteiger partial charge in [0, 0.05) is 6.54 Å². The summed E-state index contributed by atoms with van der Waals surface area (Å²) in [5, 5.41) is 24.5. The van der Waals surface area contributed by atoms with E-state index in [-0.39, 0.29) is 5.82 Å². The number of ether oxygens (including phenoxy) is 1. The number of aryl methyl sites for hydroxylation is 1. The average Bonchev–Trinajstić information content (AvgIpc) is 3.28. The van der Waals surface area contributed by atoms with Gasteiger partial charge in [0.1, 0.15) is 24.4 Å². The summed E-state index contributed by atoms with van der Waals surface area (Å²) in [6.45, 7) is 0.846. The Labute approximate surface area is 179 Å². The van der Waals surface area contributed by atoms with Gasteiger partial charge in [-0.1, -0.05) is 24.6 Å². The molecule has 1 aliphatic heterocycles. The van der Waals surface area contributed by atoms with E-state index in [1.807, 2.05) is 0 Å². The van der Waals surface area contributed by atoms with E-state index in [1.165, 1.54) is 31.7 Å². The molecular weight excluding hydrogens is 401 g/mol. The van der Waals surface area contributed by atoms with Gasteiger partial charge < -0.3 is 20.3 Å². The number of imidazole rings is 1. The van der Waals surface area contributed by atoms with Crippen molar-refractivity contribution in [1.82, 2.24) is 19.5 Å². The van der Waals surface area contributed by atoms with Gasteiger partial charge in [0.05, 0.1) is 12.4 Å². The van der Waals surface area contributed by atoms with Gasteiger partial charge in [-0.25, -0.2) is 19.3 Å². The maximum atomic E-state index is 13.9. The molecule has 31 heavy (non-hydrogen) atoms. The molecule has 9 heteroatoms. The summed E-state index contributed by atoms with van der Waals surface area (Å²) in [5.41, 5.74) is 1.68. The lowest BCUT2D eigenvalue weighted by molar-refractivity contribution is -0.0368. The van der Waals surface area contributed by atoms with E-state index in [9.17, 15) is 14.6 Å². The minimum absolute atomic E-state index is 0.286. The van der Waals surface area contributed by atoms with Crippen molar-refractivity contribution in [2.45, 2.75) is 56.6 Å². The molecule has 8 nitrogen and oxygen atoms in total. The molecule has 1 aliphatic carbocycles. The lowest BCUT2D eigenvalue weighted by Crippen LogP contribution is -2.31. The van der Waals surface area contributed by atoms with Crippen molar-refractivity contribution in [3.05, 3.63) is 48.3 Å². The van der Waals surface area contributed by atoms with E-state index in [1.54, 1.807) is 29.1 Å². The molecule has 0 spiro atoms. The number of nitrogens with zero attached hydrogens (tertiary/aromatic N) is 4. The topological polar surface area (TPSA) is 105 Å². The van der Waals surface area contributed by atoms with E-state index in [0.29, 0.717) is 41.3 Å². The fourth-order valence-corrected chi connectivity index (χ4v) is 4.30. The maximum Gasteiger partial charge on any atom is 0.167 e. The molecule has 1 aromatic carbocycles. The number of aliphatic hydroxyl groups excluding tert-OH is 2. The summed E-state index contributed by atoms with van der Waals surface area (Å²) in [7, 11) is 0. The van der Waals surface area contributed by atoms with Crippen LogP contribution in [0, 0.1) is 11.7 Å². The molecule has 3 N–H and O–H groups in total. The van der Waals surface area contributed by atoms with Gasteiger partial charge in [-0.15, -0.1) is 0 Å². The zero-order valence-electron chi connectivity index (χ0n) is 17.1. The first-order valence-electron chi connectivity index (χ1n) is 10.8. The Bertz CT molecular complexity index is 1060. The average molecular weight is 427 g/mol.